The number of amides is 1. The fraction of sp³-hybridized carbons (Fsp3) is 0.500. The molecule has 2 atom stereocenters. The lowest BCUT2D eigenvalue weighted by atomic mass is 10.1. The quantitative estimate of drug-likeness (QED) is 0.316. The summed E-state index contributed by atoms with van der Waals surface area (Å²) in [6, 6.07) is 0. The normalized spacial score (nSPS) is 16.5. The highest BCUT2D eigenvalue weighted by molar-refractivity contribution is 5.90. The predicted octanol–water partition coefficient (Wildman–Crippen LogP) is -2.66. The molecule has 0 radical (unpaired) electrons. The van der Waals surface area contributed by atoms with E-state index in [1.807, 2.05) is 0 Å². The molecule has 1 unspecified atom stereocenters. The van der Waals surface area contributed by atoms with Gasteiger partial charge in [-0.05, 0) is 0 Å². The Morgan fingerprint density at radius 3 is 1.93 bits per heavy atom. The largest absolute Gasteiger partial charge is 0.479 e. The van der Waals surface area contributed by atoms with Crippen molar-refractivity contribution in [3.8, 4) is 0 Å². The molecule has 0 aliphatic carbocycles. The first kappa shape index (κ1) is 12.3. The fourth-order valence-electron chi connectivity index (χ4n) is 0.686. The monoisotopic (exact) mass is 207 g/mol. The molecule has 80 valence electrons. The van der Waals surface area contributed by atoms with Crippen molar-refractivity contribution in [3.05, 3.63) is 0 Å². The summed E-state index contributed by atoms with van der Waals surface area (Å²) in [4.78, 5) is 31.1. The number of carbonyl (C=O) groups excluding carboxylic acids is 1. The van der Waals surface area contributed by atoms with Crippen LogP contribution in [0.1, 0.15) is 6.92 Å². The Balaban J connectivity index is 4.99. The molecule has 14 heavy (non-hydrogen) atoms. The number of aliphatic carboxylic acids is 2. The lowest BCUT2D eigenvalue weighted by Crippen LogP contribution is -2.64. The third-order valence-electron chi connectivity index (χ3n) is 1.32. The molecule has 0 aromatic heterocycles. The highest BCUT2D eigenvalue weighted by atomic mass is 16.5. The molecule has 8 nitrogen and oxygen atoms in total. The van der Waals surface area contributed by atoms with E-state index >= 15 is 0 Å². The molecule has 0 aromatic carbocycles. The zero-order chi connectivity index (χ0) is 11.5. The standard InChI is InChI=1S/C6H9NO7/c1-2(8)7-6(14,5(12)13)3(9)4(10)11/h3,9,14H,1H3,(H,7,8)(H,10,11)(H,12,13)/t3?,6-/m1/s1. The van der Waals surface area contributed by atoms with Crippen molar-refractivity contribution in [2.45, 2.75) is 18.8 Å². The van der Waals surface area contributed by atoms with Crippen molar-refractivity contribution < 1.29 is 34.8 Å². The molecule has 0 aliphatic heterocycles. The van der Waals surface area contributed by atoms with E-state index < -0.39 is 29.7 Å². The van der Waals surface area contributed by atoms with Crippen LogP contribution < -0.4 is 5.32 Å². The zero-order valence-electron chi connectivity index (χ0n) is 7.09. The van der Waals surface area contributed by atoms with Crippen LogP contribution in [0.5, 0.6) is 0 Å². The number of nitrogens with one attached hydrogen (secondary N) is 1. The number of carboxylic acids is 2. The summed E-state index contributed by atoms with van der Waals surface area (Å²) in [5.41, 5.74) is -3.22. The molecular formula is C6H9NO7. The first-order valence-electron chi connectivity index (χ1n) is 3.37. The molecule has 0 aromatic rings. The number of hydrogen-bond acceptors (Lipinski definition) is 5. The Hall–Kier alpha value is -1.67. The van der Waals surface area contributed by atoms with Gasteiger partial charge >= 0.3 is 11.9 Å². The van der Waals surface area contributed by atoms with Gasteiger partial charge in [0.15, 0.2) is 0 Å². The van der Waals surface area contributed by atoms with Crippen LogP contribution >= 0.6 is 0 Å². The van der Waals surface area contributed by atoms with Gasteiger partial charge in [-0.3, -0.25) is 4.79 Å². The SMILES string of the molecule is CC(=O)N[C@](O)(C(=O)O)C(O)C(=O)O. The number of rotatable bonds is 4. The highest BCUT2D eigenvalue weighted by Crippen LogP contribution is 2.07. The van der Waals surface area contributed by atoms with Gasteiger partial charge < -0.3 is 25.7 Å². The third kappa shape index (κ3) is 2.41. The Labute approximate surface area is 77.8 Å². The second-order valence-corrected chi connectivity index (χ2v) is 2.49. The van der Waals surface area contributed by atoms with Gasteiger partial charge in [0.2, 0.25) is 12.0 Å². The Bertz CT molecular complexity index is 275. The van der Waals surface area contributed by atoms with Crippen molar-refractivity contribution in [2.75, 3.05) is 0 Å². The maximum Gasteiger partial charge on any atom is 0.360 e. The van der Waals surface area contributed by atoms with Crippen molar-refractivity contribution in [2.24, 2.45) is 0 Å². The van der Waals surface area contributed by atoms with Crippen LogP contribution in [0.25, 0.3) is 0 Å². The number of aliphatic hydroxyl groups is 2. The minimum atomic E-state index is -3.22. The van der Waals surface area contributed by atoms with E-state index in [1.165, 1.54) is 5.32 Å². The van der Waals surface area contributed by atoms with E-state index in [4.69, 9.17) is 20.4 Å². The van der Waals surface area contributed by atoms with Crippen LogP contribution in [0.3, 0.4) is 0 Å². The molecule has 0 saturated carbocycles. The number of carboxylic acid groups (broad SMARTS) is 2. The molecule has 0 bridgehead atoms. The molecular weight excluding hydrogens is 198 g/mol. The van der Waals surface area contributed by atoms with Crippen LogP contribution in [0.4, 0.5) is 0 Å². The second-order valence-electron chi connectivity index (χ2n) is 2.49. The summed E-state index contributed by atoms with van der Waals surface area (Å²) in [7, 11) is 0. The molecule has 8 heteroatoms. The average molecular weight is 207 g/mol. The van der Waals surface area contributed by atoms with Gasteiger partial charge in [-0.1, -0.05) is 0 Å². The lowest BCUT2D eigenvalue weighted by Gasteiger charge is -2.26. The minimum Gasteiger partial charge on any atom is -0.479 e. The Kier molecular flexibility index (Phi) is 3.55. The minimum absolute atomic E-state index is 0.864. The van der Waals surface area contributed by atoms with Crippen LogP contribution in [-0.4, -0.2) is 50.1 Å². The number of hydrogen-bond donors (Lipinski definition) is 5. The zero-order valence-corrected chi connectivity index (χ0v) is 7.09. The van der Waals surface area contributed by atoms with Gasteiger partial charge in [0.05, 0.1) is 0 Å². The first-order valence-corrected chi connectivity index (χ1v) is 3.37. The average Bonchev–Trinajstić information content (AvgIpc) is 2.00. The maximum absolute atomic E-state index is 10.5. The van der Waals surface area contributed by atoms with Crippen LogP contribution in [-0.2, 0) is 14.4 Å². The van der Waals surface area contributed by atoms with E-state index in [0.717, 1.165) is 6.92 Å². The fourth-order valence-corrected chi connectivity index (χ4v) is 0.686. The van der Waals surface area contributed by atoms with E-state index in [2.05, 4.69) is 0 Å². The summed E-state index contributed by atoms with van der Waals surface area (Å²) < 4.78 is 0. The summed E-state index contributed by atoms with van der Waals surface area (Å²) in [5.74, 6) is -5.03. The van der Waals surface area contributed by atoms with E-state index in [1.54, 1.807) is 0 Å². The molecule has 0 saturated heterocycles. The lowest BCUT2D eigenvalue weighted by molar-refractivity contribution is -0.189. The van der Waals surface area contributed by atoms with Gasteiger partial charge in [-0.2, -0.15) is 0 Å². The molecule has 0 aliphatic rings. The predicted molar refractivity (Wildman–Crippen MR) is 40.0 cm³/mol. The van der Waals surface area contributed by atoms with Gasteiger partial charge in [-0.15, -0.1) is 0 Å². The smallest absolute Gasteiger partial charge is 0.360 e. The van der Waals surface area contributed by atoms with Crippen molar-refractivity contribution in [3.63, 3.8) is 0 Å². The van der Waals surface area contributed by atoms with Crippen LogP contribution in [0, 0.1) is 0 Å². The topological polar surface area (TPSA) is 144 Å². The Morgan fingerprint density at radius 1 is 1.29 bits per heavy atom. The molecule has 0 fully saturated rings. The van der Waals surface area contributed by atoms with Gasteiger partial charge in [-0.25, -0.2) is 9.59 Å². The highest BCUT2D eigenvalue weighted by Gasteiger charge is 2.48. The summed E-state index contributed by atoms with van der Waals surface area (Å²) >= 11 is 0. The van der Waals surface area contributed by atoms with Crippen molar-refractivity contribution in [1.82, 2.24) is 5.32 Å². The molecule has 0 heterocycles. The van der Waals surface area contributed by atoms with E-state index in [9.17, 15) is 14.4 Å². The summed E-state index contributed by atoms with van der Waals surface area (Å²) in [6.07, 6.45) is -2.65. The van der Waals surface area contributed by atoms with Crippen molar-refractivity contribution >= 4 is 17.8 Å². The van der Waals surface area contributed by atoms with Crippen molar-refractivity contribution in [1.29, 1.82) is 0 Å². The second kappa shape index (κ2) is 4.03. The number of carbonyl (C=O) groups is 3. The number of aliphatic hydroxyl groups excluding tert-OH is 1. The van der Waals surface area contributed by atoms with Gasteiger partial charge in [0, 0.05) is 6.92 Å². The molecule has 0 spiro atoms. The molecule has 1 amide bonds. The van der Waals surface area contributed by atoms with Gasteiger partial charge in [0.1, 0.15) is 0 Å². The Morgan fingerprint density at radius 2 is 1.71 bits per heavy atom. The third-order valence-corrected chi connectivity index (χ3v) is 1.32. The summed E-state index contributed by atoms with van der Waals surface area (Å²) in [5, 5.41) is 36.0. The first-order chi connectivity index (χ1) is 6.21. The van der Waals surface area contributed by atoms with Crippen LogP contribution in [0.2, 0.25) is 0 Å². The van der Waals surface area contributed by atoms with E-state index in [0.29, 0.717) is 0 Å². The summed E-state index contributed by atoms with van der Waals surface area (Å²) in [6.45, 7) is 0.864. The van der Waals surface area contributed by atoms with Gasteiger partial charge in [0.25, 0.3) is 5.72 Å². The molecule has 0 rings (SSSR count). The van der Waals surface area contributed by atoms with Crippen LogP contribution in [0.15, 0.2) is 0 Å². The molecule has 5 N–H and O–H groups in total. The van der Waals surface area contributed by atoms with E-state index in [-0.39, 0.29) is 0 Å². The maximum atomic E-state index is 10.5.